The Morgan fingerprint density at radius 2 is 2.04 bits per heavy atom. The van der Waals surface area contributed by atoms with Crippen LogP contribution in [0.15, 0.2) is 59.0 Å². The molecule has 4 nitrogen and oxygen atoms in total. The van der Waals surface area contributed by atoms with Crippen LogP contribution in [-0.2, 0) is 11.3 Å². The van der Waals surface area contributed by atoms with Crippen LogP contribution in [-0.4, -0.2) is 19.3 Å². The normalized spacial score (nSPS) is 10.8. The highest BCUT2D eigenvalue weighted by Crippen LogP contribution is 2.29. The standard InChI is InChI=1S/C19H18N2O2S/c1-23-17-11-15(8-9-18(17)24-2)10-16(12-20)19(22)21-13-14-6-4-3-5-7-14/h3-11H,13H2,1-2H3,(H,21,22)/b16-10-. The monoisotopic (exact) mass is 338 g/mol. The summed E-state index contributed by atoms with van der Waals surface area (Å²) in [5.74, 6) is 0.326. The maximum Gasteiger partial charge on any atom is 0.262 e. The van der Waals surface area contributed by atoms with E-state index in [2.05, 4.69) is 5.32 Å². The smallest absolute Gasteiger partial charge is 0.262 e. The fourth-order valence-corrected chi connectivity index (χ4v) is 2.68. The zero-order valence-corrected chi connectivity index (χ0v) is 14.4. The number of benzene rings is 2. The molecule has 2 aromatic carbocycles. The molecule has 122 valence electrons. The number of methoxy groups -OCH3 is 1. The van der Waals surface area contributed by atoms with Crippen LogP contribution in [0.3, 0.4) is 0 Å². The first-order valence-corrected chi connectivity index (χ1v) is 8.56. The van der Waals surface area contributed by atoms with E-state index < -0.39 is 5.91 Å². The van der Waals surface area contributed by atoms with Gasteiger partial charge in [-0.1, -0.05) is 36.4 Å². The Balaban J connectivity index is 2.13. The van der Waals surface area contributed by atoms with E-state index in [0.29, 0.717) is 6.54 Å². The van der Waals surface area contributed by atoms with Gasteiger partial charge in [-0.25, -0.2) is 0 Å². The van der Waals surface area contributed by atoms with Crippen molar-refractivity contribution in [2.75, 3.05) is 13.4 Å². The average Bonchev–Trinajstić information content (AvgIpc) is 2.64. The second kappa shape index (κ2) is 8.80. The lowest BCUT2D eigenvalue weighted by Gasteiger charge is -2.07. The van der Waals surface area contributed by atoms with Crippen LogP contribution in [0.2, 0.25) is 0 Å². The summed E-state index contributed by atoms with van der Waals surface area (Å²) in [6.45, 7) is 0.382. The molecule has 0 radical (unpaired) electrons. The summed E-state index contributed by atoms with van der Waals surface area (Å²) in [6, 6.07) is 17.1. The maximum atomic E-state index is 12.2. The number of rotatable bonds is 6. The highest BCUT2D eigenvalue weighted by Gasteiger charge is 2.10. The lowest BCUT2D eigenvalue weighted by Crippen LogP contribution is -2.23. The van der Waals surface area contributed by atoms with Crippen molar-refractivity contribution in [2.45, 2.75) is 11.4 Å². The minimum absolute atomic E-state index is 0.0601. The highest BCUT2D eigenvalue weighted by molar-refractivity contribution is 7.98. The van der Waals surface area contributed by atoms with Crippen molar-refractivity contribution in [1.82, 2.24) is 5.32 Å². The number of thioether (sulfide) groups is 1. The van der Waals surface area contributed by atoms with Crippen molar-refractivity contribution in [1.29, 1.82) is 5.26 Å². The molecule has 0 aromatic heterocycles. The second-order valence-electron chi connectivity index (χ2n) is 4.95. The van der Waals surface area contributed by atoms with Gasteiger partial charge in [-0.2, -0.15) is 5.26 Å². The van der Waals surface area contributed by atoms with Gasteiger partial charge < -0.3 is 10.1 Å². The molecule has 24 heavy (non-hydrogen) atoms. The Bertz CT molecular complexity index is 780. The number of nitrogens with one attached hydrogen (secondary N) is 1. The number of nitriles is 1. The summed E-state index contributed by atoms with van der Waals surface area (Å²) in [6.07, 6.45) is 3.53. The Kier molecular flexibility index (Phi) is 6.47. The molecule has 0 aliphatic heterocycles. The van der Waals surface area contributed by atoms with Crippen molar-refractivity contribution in [3.05, 3.63) is 65.2 Å². The molecule has 2 aromatic rings. The molecule has 0 atom stereocenters. The van der Waals surface area contributed by atoms with Crippen LogP contribution < -0.4 is 10.1 Å². The molecule has 0 aliphatic carbocycles. The van der Waals surface area contributed by atoms with Gasteiger partial charge in [-0.05, 0) is 35.6 Å². The van der Waals surface area contributed by atoms with Crippen molar-refractivity contribution >= 4 is 23.7 Å². The van der Waals surface area contributed by atoms with Gasteiger partial charge in [0.1, 0.15) is 17.4 Å². The Hall–Kier alpha value is -2.71. The molecule has 2 rings (SSSR count). The van der Waals surface area contributed by atoms with Gasteiger partial charge >= 0.3 is 0 Å². The zero-order chi connectivity index (χ0) is 17.4. The van der Waals surface area contributed by atoms with Crippen LogP contribution in [0.5, 0.6) is 5.75 Å². The van der Waals surface area contributed by atoms with Crippen LogP contribution in [0, 0.1) is 11.3 Å². The molecule has 0 heterocycles. The van der Waals surface area contributed by atoms with E-state index in [1.165, 1.54) is 0 Å². The molecule has 5 heteroatoms. The minimum Gasteiger partial charge on any atom is -0.496 e. The molecule has 0 aliphatic rings. The van der Waals surface area contributed by atoms with Crippen molar-refractivity contribution in [2.24, 2.45) is 0 Å². The lowest BCUT2D eigenvalue weighted by atomic mass is 10.1. The van der Waals surface area contributed by atoms with E-state index in [-0.39, 0.29) is 5.57 Å². The maximum absolute atomic E-state index is 12.2. The highest BCUT2D eigenvalue weighted by atomic mass is 32.2. The molecule has 1 N–H and O–H groups in total. The zero-order valence-electron chi connectivity index (χ0n) is 13.6. The van der Waals surface area contributed by atoms with Gasteiger partial charge in [-0.15, -0.1) is 11.8 Å². The molecule has 0 fully saturated rings. The minimum atomic E-state index is -0.394. The van der Waals surface area contributed by atoms with Crippen LogP contribution >= 0.6 is 11.8 Å². The molecule has 0 unspecified atom stereocenters. The largest absolute Gasteiger partial charge is 0.496 e. The SMILES string of the molecule is COc1cc(/C=C(/C#N)C(=O)NCc2ccccc2)ccc1SC. The number of carbonyl (C=O) groups is 1. The first kappa shape index (κ1) is 17.6. The number of hydrogen-bond acceptors (Lipinski definition) is 4. The Morgan fingerprint density at radius 1 is 1.29 bits per heavy atom. The number of ether oxygens (including phenoxy) is 1. The Morgan fingerprint density at radius 3 is 2.67 bits per heavy atom. The molecular weight excluding hydrogens is 320 g/mol. The quantitative estimate of drug-likeness (QED) is 0.496. The topological polar surface area (TPSA) is 62.1 Å². The van der Waals surface area contributed by atoms with Gasteiger partial charge in [0.25, 0.3) is 5.91 Å². The van der Waals surface area contributed by atoms with Crippen LogP contribution in [0.25, 0.3) is 6.08 Å². The summed E-state index contributed by atoms with van der Waals surface area (Å²) in [5, 5.41) is 12.0. The summed E-state index contributed by atoms with van der Waals surface area (Å²) >= 11 is 1.58. The molecule has 0 bridgehead atoms. The molecule has 1 amide bonds. The van der Waals surface area contributed by atoms with Crippen molar-refractivity contribution in [3.8, 4) is 11.8 Å². The van der Waals surface area contributed by atoms with E-state index in [9.17, 15) is 10.1 Å². The first-order valence-electron chi connectivity index (χ1n) is 7.34. The van der Waals surface area contributed by atoms with Gasteiger partial charge in [-0.3, -0.25) is 4.79 Å². The van der Waals surface area contributed by atoms with E-state index in [1.807, 2.05) is 60.9 Å². The number of carbonyl (C=O) groups excluding carboxylic acids is 1. The van der Waals surface area contributed by atoms with Gasteiger partial charge in [0, 0.05) is 11.4 Å². The third kappa shape index (κ3) is 4.64. The van der Waals surface area contributed by atoms with Crippen molar-refractivity contribution in [3.63, 3.8) is 0 Å². The third-order valence-corrected chi connectivity index (χ3v) is 4.16. The van der Waals surface area contributed by atoms with E-state index >= 15 is 0 Å². The predicted molar refractivity (Wildman–Crippen MR) is 96.7 cm³/mol. The van der Waals surface area contributed by atoms with Crippen LogP contribution in [0.4, 0.5) is 0 Å². The summed E-state index contributed by atoms with van der Waals surface area (Å²) in [7, 11) is 1.60. The molecular formula is C19H18N2O2S. The summed E-state index contributed by atoms with van der Waals surface area (Å²) < 4.78 is 5.32. The average molecular weight is 338 g/mol. The lowest BCUT2D eigenvalue weighted by molar-refractivity contribution is -0.117. The summed E-state index contributed by atoms with van der Waals surface area (Å²) in [4.78, 5) is 13.2. The molecule has 0 spiro atoms. The molecule has 0 saturated heterocycles. The van der Waals surface area contributed by atoms with Crippen LogP contribution in [0.1, 0.15) is 11.1 Å². The molecule has 0 saturated carbocycles. The number of nitrogens with zero attached hydrogens (tertiary/aromatic N) is 1. The van der Waals surface area contributed by atoms with E-state index in [4.69, 9.17) is 4.74 Å². The van der Waals surface area contributed by atoms with Gasteiger partial charge in [0.05, 0.1) is 7.11 Å². The fraction of sp³-hybridized carbons (Fsp3) is 0.158. The third-order valence-electron chi connectivity index (χ3n) is 3.38. The van der Waals surface area contributed by atoms with E-state index in [0.717, 1.165) is 21.8 Å². The second-order valence-corrected chi connectivity index (χ2v) is 5.80. The predicted octanol–water partition coefficient (Wildman–Crippen LogP) is 3.64. The van der Waals surface area contributed by atoms with Gasteiger partial charge in [0.2, 0.25) is 0 Å². The van der Waals surface area contributed by atoms with E-state index in [1.54, 1.807) is 24.9 Å². The number of hydrogen-bond donors (Lipinski definition) is 1. The van der Waals surface area contributed by atoms with Crippen molar-refractivity contribution < 1.29 is 9.53 Å². The fourth-order valence-electron chi connectivity index (χ4n) is 2.13. The summed E-state index contributed by atoms with van der Waals surface area (Å²) in [5.41, 5.74) is 1.79. The number of amides is 1. The Labute approximate surface area is 146 Å². The first-order chi connectivity index (χ1) is 11.7. The van der Waals surface area contributed by atoms with Gasteiger partial charge in [0.15, 0.2) is 0 Å².